The van der Waals surface area contributed by atoms with Crippen LogP contribution in [0.3, 0.4) is 0 Å². The van der Waals surface area contributed by atoms with Gasteiger partial charge in [0.25, 0.3) is 0 Å². The molecule has 2 amide bonds. The second-order valence-electron chi connectivity index (χ2n) is 8.59. The maximum absolute atomic E-state index is 14.5. The van der Waals surface area contributed by atoms with E-state index in [0.29, 0.717) is 23.2 Å². The molecule has 170 valence electrons. The maximum atomic E-state index is 14.5. The highest BCUT2D eigenvalue weighted by molar-refractivity contribution is 5.92. The van der Waals surface area contributed by atoms with Crippen molar-refractivity contribution in [3.05, 3.63) is 59.4 Å². The Bertz CT molecular complexity index is 1120. The summed E-state index contributed by atoms with van der Waals surface area (Å²) in [5.74, 6) is -1.40. The van der Waals surface area contributed by atoms with Crippen LogP contribution in [0.4, 0.5) is 18.0 Å². The number of aliphatic hydroxyl groups is 1. The van der Waals surface area contributed by atoms with Crippen molar-refractivity contribution in [1.29, 1.82) is 0 Å². The summed E-state index contributed by atoms with van der Waals surface area (Å²) in [4.78, 5) is 16.7. The number of hydrogen-bond acceptors (Lipinski definition) is 2. The molecule has 8 heteroatoms. The minimum atomic E-state index is -0.668. The number of aliphatic hydroxyl groups excluding tert-OH is 1. The molecule has 1 saturated carbocycles. The van der Waals surface area contributed by atoms with E-state index < -0.39 is 11.6 Å². The largest absolute Gasteiger partial charge is 0.394 e. The number of likely N-dealkylation sites (N-methyl/N-ethyl adjacent to an activating group) is 1. The van der Waals surface area contributed by atoms with Gasteiger partial charge in [0.1, 0.15) is 17.5 Å². The quantitative estimate of drug-likeness (QED) is 0.512. The molecule has 4 rings (SSSR count). The van der Waals surface area contributed by atoms with E-state index in [-0.39, 0.29) is 41.8 Å². The lowest BCUT2D eigenvalue weighted by atomic mass is 9.70. The Morgan fingerprint density at radius 1 is 1.19 bits per heavy atom. The zero-order valence-electron chi connectivity index (χ0n) is 18.0. The van der Waals surface area contributed by atoms with E-state index in [9.17, 15) is 23.1 Å². The molecule has 1 aliphatic carbocycles. The highest BCUT2D eigenvalue weighted by atomic mass is 19.1. The van der Waals surface area contributed by atoms with Crippen molar-refractivity contribution in [3.8, 4) is 11.3 Å². The number of nitrogens with one attached hydrogen (secondary N) is 2. The Balaban J connectivity index is 1.55. The molecule has 1 heterocycles. The van der Waals surface area contributed by atoms with Gasteiger partial charge in [0, 0.05) is 25.0 Å². The van der Waals surface area contributed by atoms with Crippen molar-refractivity contribution in [2.75, 3.05) is 20.2 Å². The Kier molecular flexibility index (Phi) is 6.15. The number of halogens is 3. The molecule has 0 radical (unpaired) electrons. The van der Waals surface area contributed by atoms with Gasteiger partial charge in [-0.2, -0.15) is 0 Å². The lowest BCUT2D eigenvalue weighted by Crippen LogP contribution is -2.46. The summed E-state index contributed by atoms with van der Waals surface area (Å²) in [7, 11) is 1.63. The summed E-state index contributed by atoms with van der Waals surface area (Å²) in [5.41, 5.74) is 2.41. The molecule has 0 spiro atoms. The zero-order chi connectivity index (χ0) is 23.0. The van der Waals surface area contributed by atoms with E-state index in [1.54, 1.807) is 26.1 Å². The third-order valence-electron chi connectivity index (χ3n) is 6.43. The Labute approximate surface area is 184 Å². The molecule has 1 atom stereocenters. The van der Waals surface area contributed by atoms with Gasteiger partial charge in [-0.1, -0.05) is 0 Å². The van der Waals surface area contributed by atoms with Gasteiger partial charge >= 0.3 is 6.03 Å². The fourth-order valence-corrected chi connectivity index (χ4v) is 4.33. The predicted octanol–water partition coefficient (Wildman–Crippen LogP) is 4.77. The number of urea groups is 1. The number of carbonyl (C=O) groups excluding carboxylic acids is 1. The molecule has 3 aromatic rings. The Hall–Kier alpha value is -3.00. The van der Waals surface area contributed by atoms with E-state index in [1.807, 2.05) is 0 Å². The molecule has 0 bridgehead atoms. The fraction of sp³-hybridized carbons (Fsp3) is 0.375. The van der Waals surface area contributed by atoms with Gasteiger partial charge in [0.05, 0.1) is 23.9 Å². The Morgan fingerprint density at radius 3 is 2.53 bits per heavy atom. The normalized spacial score (nSPS) is 18.9. The van der Waals surface area contributed by atoms with E-state index in [0.717, 1.165) is 24.5 Å². The first-order valence-corrected chi connectivity index (χ1v) is 10.7. The number of H-pyrrole nitrogens is 1. The van der Waals surface area contributed by atoms with Gasteiger partial charge in [0.2, 0.25) is 0 Å². The number of amides is 2. The van der Waals surface area contributed by atoms with Crippen molar-refractivity contribution in [2.45, 2.75) is 31.7 Å². The molecular formula is C24H26F3N3O2. The number of hydrogen-bond donors (Lipinski definition) is 3. The zero-order valence-corrected chi connectivity index (χ0v) is 18.0. The molecule has 32 heavy (non-hydrogen) atoms. The van der Waals surface area contributed by atoms with Crippen molar-refractivity contribution < 1.29 is 23.1 Å². The van der Waals surface area contributed by atoms with E-state index >= 15 is 0 Å². The molecule has 0 saturated heterocycles. The summed E-state index contributed by atoms with van der Waals surface area (Å²) in [6.07, 6.45) is 1.50. The van der Waals surface area contributed by atoms with Crippen LogP contribution in [0.5, 0.6) is 0 Å². The second kappa shape index (κ2) is 8.86. The lowest BCUT2D eigenvalue weighted by molar-refractivity contribution is 0.153. The van der Waals surface area contributed by atoms with E-state index in [2.05, 4.69) is 10.3 Å². The standard InChI is InChI=1S/C24H26F3N3O2/c1-13(12-31)30(2)24(32)28-11-14-7-16(8-14)21-19-9-18(26)10-20(27)23(19)29-22(21)15-3-5-17(25)6-4-15/h3-6,9-10,13-14,16,29,31H,7-8,11-12H2,1-2H3,(H,28,32). The van der Waals surface area contributed by atoms with Gasteiger partial charge in [0.15, 0.2) is 0 Å². The number of rotatable bonds is 6. The first kappa shape index (κ1) is 22.2. The first-order chi connectivity index (χ1) is 15.3. The number of aromatic amines is 1. The van der Waals surface area contributed by atoms with Crippen LogP contribution in [0.15, 0.2) is 36.4 Å². The number of nitrogens with zero attached hydrogens (tertiary/aromatic N) is 1. The van der Waals surface area contributed by atoms with E-state index in [4.69, 9.17) is 0 Å². The van der Waals surface area contributed by atoms with Gasteiger partial charge < -0.3 is 20.3 Å². The van der Waals surface area contributed by atoms with Gasteiger partial charge in [-0.25, -0.2) is 18.0 Å². The van der Waals surface area contributed by atoms with Crippen LogP contribution in [-0.4, -0.2) is 47.3 Å². The average molecular weight is 445 g/mol. The van der Waals surface area contributed by atoms with Gasteiger partial charge in [-0.15, -0.1) is 0 Å². The van der Waals surface area contributed by atoms with Crippen LogP contribution >= 0.6 is 0 Å². The molecule has 1 aromatic heterocycles. The molecular weight excluding hydrogens is 419 g/mol. The van der Waals surface area contributed by atoms with E-state index in [1.165, 1.54) is 23.1 Å². The molecule has 0 aliphatic heterocycles. The number of benzene rings is 2. The summed E-state index contributed by atoms with van der Waals surface area (Å²) in [5, 5.41) is 12.6. The van der Waals surface area contributed by atoms with Crippen LogP contribution in [0, 0.1) is 23.4 Å². The molecule has 2 aromatic carbocycles. The Morgan fingerprint density at radius 2 is 1.88 bits per heavy atom. The van der Waals surface area contributed by atoms with Crippen LogP contribution in [0.1, 0.15) is 31.2 Å². The maximum Gasteiger partial charge on any atom is 0.317 e. The summed E-state index contributed by atoms with van der Waals surface area (Å²) < 4.78 is 41.9. The van der Waals surface area contributed by atoms with Crippen LogP contribution in [-0.2, 0) is 0 Å². The second-order valence-corrected chi connectivity index (χ2v) is 8.59. The lowest BCUT2D eigenvalue weighted by Gasteiger charge is -2.37. The van der Waals surface area contributed by atoms with Crippen LogP contribution < -0.4 is 5.32 Å². The monoisotopic (exact) mass is 445 g/mol. The molecule has 1 fully saturated rings. The molecule has 5 nitrogen and oxygen atoms in total. The summed E-state index contributed by atoms with van der Waals surface area (Å²) in [6, 6.07) is 7.56. The topological polar surface area (TPSA) is 68.4 Å². The first-order valence-electron chi connectivity index (χ1n) is 10.7. The fourth-order valence-electron chi connectivity index (χ4n) is 4.33. The molecule has 1 aliphatic rings. The third-order valence-corrected chi connectivity index (χ3v) is 6.43. The summed E-state index contributed by atoms with van der Waals surface area (Å²) in [6.45, 7) is 2.12. The van der Waals surface area contributed by atoms with Crippen molar-refractivity contribution in [1.82, 2.24) is 15.2 Å². The summed E-state index contributed by atoms with van der Waals surface area (Å²) >= 11 is 0. The van der Waals surface area contributed by atoms with Gasteiger partial charge in [-0.3, -0.25) is 0 Å². The van der Waals surface area contributed by atoms with Gasteiger partial charge in [-0.05, 0) is 73.1 Å². The average Bonchev–Trinajstić information content (AvgIpc) is 3.11. The number of fused-ring (bicyclic) bond motifs is 1. The number of carbonyl (C=O) groups is 1. The number of aromatic nitrogens is 1. The van der Waals surface area contributed by atoms with Crippen LogP contribution in [0.2, 0.25) is 0 Å². The highest BCUT2D eigenvalue weighted by Crippen LogP contribution is 2.48. The minimum Gasteiger partial charge on any atom is -0.394 e. The highest BCUT2D eigenvalue weighted by Gasteiger charge is 2.35. The van der Waals surface area contributed by atoms with Crippen LogP contribution in [0.25, 0.3) is 22.2 Å². The minimum absolute atomic E-state index is 0.0565. The van der Waals surface area contributed by atoms with Crippen molar-refractivity contribution >= 4 is 16.9 Å². The van der Waals surface area contributed by atoms with Crippen molar-refractivity contribution in [2.24, 2.45) is 5.92 Å². The molecule has 3 N–H and O–H groups in total. The SMILES string of the molecule is CC(CO)N(C)C(=O)NCC1CC(c2c(-c3ccc(F)cc3)[nH]c3c(F)cc(F)cc23)C1. The smallest absolute Gasteiger partial charge is 0.317 e. The van der Waals surface area contributed by atoms with Crippen molar-refractivity contribution in [3.63, 3.8) is 0 Å². The molecule has 1 unspecified atom stereocenters. The third kappa shape index (κ3) is 4.19. The predicted molar refractivity (Wildman–Crippen MR) is 117 cm³/mol.